The summed E-state index contributed by atoms with van der Waals surface area (Å²) < 4.78 is 0.777. The van der Waals surface area contributed by atoms with Crippen LogP contribution in [0.15, 0.2) is 17.3 Å². The molecule has 2 heterocycles. The van der Waals surface area contributed by atoms with Crippen LogP contribution in [0.3, 0.4) is 0 Å². The molecule has 0 saturated heterocycles. The average Bonchev–Trinajstić information content (AvgIpc) is 2.36. The van der Waals surface area contributed by atoms with Crippen molar-refractivity contribution in [3.63, 3.8) is 0 Å². The Morgan fingerprint density at radius 3 is 3.20 bits per heavy atom. The van der Waals surface area contributed by atoms with Crippen molar-refractivity contribution in [3.05, 3.63) is 17.3 Å². The van der Waals surface area contributed by atoms with E-state index in [1.807, 2.05) is 0 Å². The standard InChI is InChI=1S/C5H3BrN4/c6-4-3-5(9-1-7-3)10-2-8-4/h1-2H,(H,7,8,9,10)/p+1. The number of rotatable bonds is 0. The van der Waals surface area contributed by atoms with Crippen LogP contribution in [0.2, 0.25) is 0 Å². The number of fused-ring (bicyclic) bond motifs is 1. The van der Waals surface area contributed by atoms with E-state index in [2.05, 4.69) is 35.9 Å². The van der Waals surface area contributed by atoms with Crippen LogP contribution in [0.25, 0.3) is 11.2 Å². The summed E-state index contributed by atoms with van der Waals surface area (Å²) in [6.45, 7) is 0. The highest BCUT2D eigenvalue weighted by molar-refractivity contribution is 9.10. The second-order valence-electron chi connectivity index (χ2n) is 1.82. The Labute approximate surface area is 64.8 Å². The molecular weight excluding hydrogens is 196 g/mol. The summed E-state index contributed by atoms with van der Waals surface area (Å²) in [4.78, 5) is 13.8. The van der Waals surface area contributed by atoms with Gasteiger partial charge in [-0.1, -0.05) is 4.98 Å². The molecule has 0 amide bonds. The Kier molecular flexibility index (Phi) is 1.17. The van der Waals surface area contributed by atoms with Crippen molar-refractivity contribution in [1.82, 2.24) is 15.0 Å². The van der Waals surface area contributed by atoms with Gasteiger partial charge in [-0.15, -0.1) is 0 Å². The first-order valence-electron chi connectivity index (χ1n) is 2.73. The van der Waals surface area contributed by atoms with Gasteiger partial charge >= 0.3 is 5.65 Å². The molecule has 0 radical (unpaired) electrons. The zero-order valence-electron chi connectivity index (χ0n) is 4.93. The molecule has 4 nitrogen and oxygen atoms in total. The molecule has 0 unspecified atom stereocenters. The minimum atomic E-state index is 0.777. The van der Waals surface area contributed by atoms with Crippen molar-refractivity contribution >= 4 is 27.1 Å². The maximum Gasteiger partial charge on any atom is 0.303 e. The number of aromatic amines is 2. The van der Waals surface area contributed by atoms with Crippen LogP contribution in [-0.4, -0.2) is 15.0 Å². The minimum absolute atomic E-state index is 0.777. The lowest BCUT2D eigenvalue weighted by molar-refractivity contribution is -0.347. The highest BCUT2D eigenvalue weighted by Gasteiger charge is 2.06. The second-order valence-corrected chi connectivity index (χ2v) is 2.57. The molecule has 0 fully saturated rings. The van der Waals surface area contributed by atoms with Gasteiger partial charge in [0.2, 0.25) is 5.52 Å². The second kappa shape index (κ2) is 2.02. The average molecular weight is 200 g/mol. The monoisotopic (exact) mass is 199 g/mol. The summed E-state index contributed by atoms with van der Waals surface area (Å²) in [5, 5.41) is 0. The number of hydrogen-bond acceptors (Lipinski definition) is 2. The molecule has 0 aliphatic rings. The molecule has 0 atom stereocenters. The van der Waals surface area contributed by atoms with Gasteiger partial charge in [0, 0.05) is 0 Å². The Morgan fingerprint density at radius 1 is 1.50 bits per heavy atom. The topological polar surface area (TPSA) is 55.7 Å². The Balaban J connectivity index is 2.95. The van der Waals surface area contributed by atoms with E-state index in [9.17, 15) is 0 Å². The van der Waals surface area contributed by atoms with Crippen LogP contribution < -0.4 is 4.98 Å². The van der Waals surface area contributed by atoms with Crippen LogP contribution in [0.5, 0.6) is 0 Å². The van der Waals surface area contributed by atoms with Crippen molar-refractivity contribution in [2.45, 2.75) is 0 Å². The quantitative estimate of drug-likeness (QED) is 0.630. The first kappa shape index (κ1) is 5.79. The molecule has 5 heteroatoms. The van der Waals surface area contributed by atoms with Crippen LogP contribution in [-0.2, 0) is 0 Å². The van der Waals surface area contributed by atoms with E-state index < -0.39 is 0 Å². The Hall–Kier alpha value is -0.970. The fourth-order valence-corrected chi connectivity index (χ4v) is 1.17. The lowest BCUT2D eigenvalue weighted by atomic mass is 10.6. The van der Waals surface area contributed by atoms with Gasteiger partial charge in [0.15, 0.2) is 17.3 Å². The number of nitrogens with zero attached hydrogens (tertiary/aromatic N) is 2. The molecule has 2 aromatic rings. The highest BCUT2D eigenvalue weighted by atomic mass is 79.9. The molecule has 50 valence electrons. The van der Waals surface area contributed by atoms with E-state index in [-0.39, 0.29) is 0 Å². The number of hydrogen-bond donors (Lipinski definition) is 1. The number of imidazole rings is 1. The van der Waals surface area contributed by atoms with Gasteiger partial charge in [-0.2, -0.15) is 0 Å². The number of H-pyrrole nitrogens is 2. The van der Waals surface area contributed by atoms with Gasteiger partial charge in [0.25, 0.3) is 0 Å². The highest BCUT2D eigenvalue weighted by Crippen LogP contribution is 2.12. The summed E-state index contributed by atoms with van der Waals surface area (Å²) >= 11 is 3.27. The van der Waals surface area contributed by atoms with Gasteiger partial charge in [-0.3, -0.25) is 4.98 Å². The van der Waals surface area contributed by atoms with Crippen LogP contribution >= 0.6 is 15.9 Å². The third kappa shape index (κ3) is 0.706. The summed E-state index contributed by atoms with van der Waals surface area (Å²) in [6.07, 6.45) is 3.21. The number of aromatic nitrogens is 4. The van der Waals surface area contributed by atoms with Crippen molar-refractivity contribution in [1.29, 1.82) is 0 Å². The van der Waals surface area contributed by atoms with Gasteiger partial charge in [0.1, 0.15) is 0 Å². The van der Waals surface area contributed by atoms with E-state index in [0.717, 1.165) is 15.8 Å². The van der Waals surface area contributed by atoms with Gasteiger partial charge in [0.05, 0.1) is 0 Å². The molecular formula is C5H4BrN4+. The maximum absolute atomic E-state index is 3.97. The van der Waals surface area contributed by atoms with Gasteiger partial charge in [-0.25, -0.2) is 9.97 Å². The summed E-state index contributed by atoms with van der Waals surface area (Å²) in [5.41, 5.74) is 1.70. The molecule has 2 aromatic heterocycles. The predicted molar refractivity (Wildman–Crippen MR) is 38.1 cm³/mol. The molecule has 10 heavy (non-hydrogen) atoms. The molecule has 2 N–H and O–H groups in total. The first-order valence-corrected chi connectivity index (χ1v) is 3.52. The molecule has 2 rings (SSSR count). The van der Waals surface area contributed by atoms with E-state index >= 15 is 0 Å². The summed E-state index contributed by atoms with van der Waals surface area (Å²) in [5.74, 6) is 0. The third-order valence-electron chi connectivity index (χ3n) is 1.23. The number of halogens is 1. The van der Waals surface area contributed by atoms with E-state index in [1.165, 1.54) is 6.33 Å². The van der Waals surface area contributed by atoms with Gasteiger partial charge in [-0.05, 0) is 15.9 Å². The Bertz CT molecular complexity index is 355. The first-order chi connectivity index (χ1) is 4.88. The molecule has 0 aliphatic carbocycles. The Morgan fingerprint density at radius 2 is 2.40 bits per heavy atom. The molecule has 0 saturated carbocycles. The van der Waals surface area contributed by atoms with Gasteiger partial charge < -0.3 is 0 Å². The lowest BCUT2D eigenvalue weighted by Crippen LogP contribution is -1.97. The summed E-state index contributed by atoms with van der Waals surface area (Å²) in [6, 6.07) is 0. The van der Waals surface area contributed by atoms with Crippen LogP contribution in [0.4, 0.5) is 0 Å². The van der Waals surface area contributed by atoms with Crippen molar-refractivity contribution in [3.8, 4) is 0 Å². The van der Waals surface area contributed by atoms with E-state index in [0.29, 0.717) is 0 Å². The van der Waals surface area contributed by atoms with Crippen molar-refractivity contribution in [2.24, 2.45) is 0 Å². The van der Waals surface area contributed by atoms with Crippen molar-refractivity contribution < 1.29 is 4.98 Å². The molecule has 0 aromatic carbocycles. The molecule has 0 spiro atoms. The lowest BCUT2D eigenvalue weighted by Gasteiger charge is -1.81. The normalized spacial score (nSPS) is 10.5. The zero-order valence-corrected chi connectivity index (χ0v) is 6.51. The van der Waals surface area contributed by atoms with E-state index in [4.69, 9.17) is 0 Å². The number of nitrogens with one attached hydrogen (secondary N) is 2. The van der Waals surface area contributed by atoms with Crippen molar-refractivity contribution in [2.75, 3.05) is 0 Å². The third-order valence-corrected chi connectivity index (χ3v) is 1.83. The predicted octanol–water partition coefficient (Wildman–Crippen LogP) is 0.534. The minimum Gasteiger partial charge on any atom is -0.272 e. The SMILES string of the molecule is Brc1ncnc2[nH+]c[nH]c12. The smallest absolute Gasteiger partial charge is 0.272 e. The molecule has 0 aliphatic heterocycles. The molecule has 0 bridgehead atoms. The fraction of sp³-hybridized carbons (Fsp3) is 0. The largest absolute Gasteiger partial charge is 0.303 e. The van der Waals surface area contributed by atoms with Crippen LogP contribution in [0.1, 0.15) is 0 Å². The zero-order chi connectivity index (χ0) is 6.97. The van der Waals surface area contributed by atoms with E-state index in [1.54, 1.807) is 6.33 Å². The maximum atomic E-state index is 3.97. The fourth-order valence-electron chi connectivity index (χ4n) is 0.778. The summed E-state index contributed by atoms with van der Waals surface area (Å²) in [7, 11) is 0. The van der Waals surface area contributed by atoms with Crippen LogP contribution in [0, 0.1) is 0 Å².